The lowest BCUT2D eigenvalue weighted by Gasteiger charge is -2.11. The van der Waals surface area contributed by atoms with Crippen molar-refractivity contribution < 1.29 is 18.7 Å². The number of carboxylic acid groups (broad SMARTS) is 1. The number of aromatic nitrogens is 1. The van der Waals surface area contributed by atoms with Gasteiger partial charge in [0.2, 0.25) is 0 Å². The third-order valence-corrected chi connectivity index (χ3v) is 2.17. The summed E-state index contributed by atoms with van der Waals surface area (Å²) in [5.41, 5.74) is 4.94. The van der Waals surface area contributed by atoms with Crippen LogP contribution in [0, 0.1) is 0 Å². The summed E-state index contributed by atoms with van der Waals surface area (Å²) in [6.07, 6.45) is -3.42. The number of nitrogens with zero attached hydrogens (tertiary/aromatic N) is 1. The van der Waals surface area contributed by atoms with Gasteiger partial charge in [0.1, 0.15) is 10.8 Å². The molecule has 0 saturated carbocycles. The van der Waals surface area contributed by atoms with Crippen molar-refractivity contribution in [1.29, 1.82) is 0 Å². The van der Waals surface area contributed by atoms with Gasteiger partial charge in [0.05, 0.1) is 6.42 Å². The summed E-state index contributed by atoms with van der Waals surface area (Å²) in [5, 5.41) is 8.50. The number of aliphatic carboxylic acids is 1. The molecule has 1 aromatic heterocycles. The molecule has 0 aliphatic heterocycles. The first kappa shape index (κ1) is 12.8. The lowest BCUT2D eigenvalue weighted by Crippen LogP contribution is -2.12. The van der Waals surface area contributed by atoms with E-state index in [1.807, 2.05) is 0 Å². The van der Waals surface area contributed by atoms with E-state index < -0.39 is 24.5 Å². The van der Waals surface area contributed by atoms with E-state index in [-0.39, 0.29) is 22.8 Å². The SMILES string of the molecule is NCc1cc(Cl)nc(C(F)F)c1CC(=O)O. The van der Waals surface area contributed by atoms with Gasteiger partial charge >= 0.3 is 5.97 Å². The Morgan fingerprint density at radius 3 is 2.69 bits per heavy atom. The molecular weight excluding hydrogens is 242 g/mol. The maximum atomic E-state index is 12.6. The second kappa shape index (κ2) is 5.18. The minimum absolute atomic E-state index is 0.0607. The molecule has 1 rings (SSSR count). The third-order valence-electron chi connectivity index (χ3n) is 1.97. The molecule has 0 bridgehead atoms. The van der Waals surface area contributed by atoms with Gasteiger partial charge in [0.15, 0.2) is 0 Å². The van der Waals surface area contributed by atoms with E-state index in [4.69, 9.17) is 22.4 Å². The molecule has 0 aliphatic rings. The van der Waals surface area contributed by atoms with E-state index >= 15 is 0 Å². The maximum absolute atomic E-state index is 12.6. The van der Waals surface area contributed by atoms with E-state index in [0.717, 1.165) is 0 Å². The molecule has 4 nitrogen and oxygen atoms in total. The standard InChI is InChI=1S/C9H9ClF2N2O2/c10-6-1-4(3-13)5(2-7(15)16)8(14-6)9(11)12/h1,9H,2-3,13H2,(H,15,16). The molecule has 1 heterocycles. The van der Waals surface area contributed by atoms with Crippen LogP contribution in [0.2, 0.25) is 5.15 Å². The number of hydrogen-bond donors (Lipinski definition) is 2. The summed E-state index contributed by atoms with van der Waals surface area (Å²) in [4.78, 5) is 14.0. The van der Waals surface area contributed by atoms with E-state index in [0.29, 0.717) is 0 Å². The van der Waals surface area contributed by atoms with Crippen LogP contribution in [0.15, 0.2) is 6.07 Å². The fraction of sp³-hybridized carbons (Fsp3) is 0.333. The Morgan fingerprint density at radius 2 is 2.25 bits per heavy atom. The molecule has 0 spiro atoms. The first-order valence-corrected chi connectivity index (χ1v) is 4.71. The number of halogens is 3. The average molecular weight is 251 g/mol. The van der Waals surface area contributed by atoms with Crippen LogP contribution in [0.1, 0.15) is 23.2 Å². The largest absolute Gasteiger partial charge is 0.481 e. The summed E-state index contributed by atoms with van der Waals surface area (Å²) in [5.74, 6) is -1.22. The highest BCUT2D eigenvalue weighted by molar-refractivity contribution is 6.29. The first-order chi connectivity index (χ1) is 7.45. The Hall–Kier alpha value is -1.27. The van der Waals surface area contributed by atoms with Crippen molar-refractivity contribution >= 4 is 17.6 Å². The molecule has 0 aromatic carbocycles. The van der Waals surface area contributed by atoms with Gasteiger partial charge in [-0.25, -0.2) is 13.8 Å². The lowest BCUT2D eigenvalue weighted by atomic mass is 10.0. The Bertz CT molecular complexity index is 413. The van der Waals surface area contributed by atoms with Crippen LogP contribution in [-0.2, 0) is 17.8 Å². The predicted octanol–water partition coefficient (Wildman–Crippen LogP) is 1.76. The minimum atomic E-state index is -2.88. The molecule has 0 aliphatic carbocycles. The molecule has 3 N–H and O–H groups in total. The second-order valence-electron chi connectivity index (χ2n) is 3.04. The van der Waals surface area contributed by atoms with Gasteiger partial charge < -0.3 is 10.8 Å². The smallest absolute Gasteiger partial charge is 0.307 e. The number of nitrogens with two attached hydrogens (primary N) is 1. The first-order valence-electron chi connectivity index (χ1n) is 4.34. The monoisotopic (exact) mass is 250 g/mol. The molecule has 0 radical (unpaired) electrons. The van der Waals surface area contributed by atoms with Crippen molar-refractivity contribution in [1.82, 2.24) is 4.98 Å². The Kier molecular flexibility index (Phi) is 4.14. The van der Waals surface area contributed by atoms with Gasteiger partial charge in [-0.15, -0.1) is 0 Å². The summed E-state index contributed by atoms with van der Waals surface area (Å²) >= 11 is 5.53. The number of pyridine rings is 1. The fourth-order valence-electron chi connectivity index (χ4n) is 1.33. The van der Waals surface area contributed by atoms with Crippen molar-refractivity contribution in [3.05, 3.63) is 28.0 Å². The van der Waals surface area contributed by atoms with Crippen LogP contribution >= 0.6 is 11.6 Å². The number of carbonyl (C=O) groups is 1. The zero-order valence-corrected chi connectivity index (χ0v) is 8.84. The topological polar surface area (TPSA) is 76.2 Å². The van der Waals surface area contributed by atoms with Gasteiger partial charge in [-0.3, -0.25) is 4.79 Å². The Labute approximate surface area is 95.0 Å². The summed E-state index contributed by atoms with van der Waals surface area (Å²) in [6.45, 7) is -0.0649. The van der Waals surface area contributed by atoms with Crippen molar-refractivity contribution in [2.24, 2.45) is 5.73 Å². The van der Waals surface area contributed by atoms with Crippen LogP contribution in [0.5, 0.6) is 0 Å². The highest BCUT2D eigenvalue weighted by atomic mass is 35.5. The number of hydrogen-bond acceptors (Lipinski definition) is 3. The second-order valence-corrected chi connectivity index (χ2v) is 3.43. The minimum Gasteiger partial charge on any atom is -0.481 e. The van der Waals surface area contributed by atoms with Gasteiger partial charge in [-0.05, 0) is 17.2 Å². The lowest BCUT2D eigenvalue weighted by molar-refractivity contribution is -0.136. The van der Waals surface area contributed by atoms with Crippen molar-refractivity contribution in [3.63, 3.8) is 0 Å². The molecule has 7 heteroatoms. The van der Waals surface area contributed by atoms with Gasteiger partial charge in [-0.1, -0.05) is 11.6 Å². The van der Waals surface area contributed by atoms with Gasteiger partial charge in [0.25, 0.3) is 6.43 Å². The molecule has 88 valence electrons. The van der Waals surface area contributed by atoms with Gasteiger partial charge in [0, 0.05) is 6.54 Å². The molecule has 0 fully saturated rings. The van der Waals surface area contributed by atoms with Crippen LogP contribution in [0.3, 0.4) is 0 Å². The molecule has 0 amide bonds. The van der Waals surface area contributed by atoms with Crippen LogP contribution in [0.4, 0.5) is 8.78 Å². The average Bonchev–Trinajstić information content (AvgIpc) is 2.19. The van der Waals surface area contributed by atoms with E-state index in [9.17, 15) is 13.6 Å². The van der Waals surface area contributed by atoms with Crippen molar-refractivity contribution in [3.8, 4) is 0 Å². The zero-order valence-electron chi connectivity index (χ0n) is 8.08. The number of rotatable bonds is 4. The summed E-state index contributed by atoms with van der Waals surface area (Å²) < 4.78 is 25.2. The van der Waals surface area contributed by atoms with Crippen LogP contribution in [-0.4, -0.2) is 16.1 Å². The number of alkyl halides is 2. The predicted molar refractivity (Wildman–Crippen MR) is 53.4 cm³/mol. The Balaban J connectivity index is 3.32. The molecule has 0 atom stereocenters. The van der Waals surface area contributed by atoms with Gasteiger partial charge in [-0.2, -0.15) is 0 Å². The zero-order chi connectivity index (χ0) is 12.3. The molecule has 0 saturated heterocycles. The van der Waals surface area contributed by atoms with E-state index in [2.05, 4.69) is 4.98 Å². The number of carboxylic acids is 1. The molecule has 0 unspecified atom stereocenters. The van der Waals surface area contributed by atoms with E-state index in [1.165, 1.54) is 6.07 Å². The fourth-order valence-corrected chi connectivity index (χ4v) is 1.55. The quantitative estimate of drug-likeness (QED) is 0.799. The summed E-state index contributed by atoms with van der Waals surface area (Å²) in [6, 6.07) is 1.30. The van der Waals surface area contributed by atoms with Crippen LogP contribution in [0.25, 0.3) is 0 Å². The summed E-state index contributed by atoms with van der Waals surface area (Å²) in [7, 11) is 0. The molecule has 1 aromatic rings. The van der Waals surface area contributed by atoms with Crippen molar-refractivity contribution in [2.75, 3.05) is 0 Å². The van der Waals surface area contributed by atoms with Crippen molar-refractivity contribution in [2.45, 2.75) is 19.4 Å². The van der Waals surface area contributed by atoms with E-state index in [1.54, 1.807) is 0 Å². The normalized spacial score (nSPS) is 10.8. The Morgan fingerprint density at radius 1 is 1.62 bits per heavy atom. The molecule has 16 heavy (non-hydrogen) atoms. The molecular formula is C9H9ClF2N2O2. The third kappa shape index (κ3) is 2.86. The highest BCUT2D eigenvalue weighted by Crippen LogP contribution is 2.26. The van der Waals surface area contributed by atoms with Crippen LogP contribution < -0.4 is 5.73 Å². The highest BCUT2D eigenvalue weighted by Gasteiger charge is 2.20. The maximum Gasteiger partial charge on any atom is 0.307 e.